The Morgan fingerprint density at radius 2 is 1.78 bits per heavy atom. The number of fused-ring (bicyclic) bond motifs is 1. The van der Waals surface area contributed by atoms with Crippen molar-refractivity contribution in [2.24, 2.45) is 11.8 Å². The van der Waals surface area contributed by atoms with E-state index in [1.54, 1.807) is 29.0 Å². The average molecular weight is 564 g/mol. The fourth-order valence-electron chi connectivity index (χ4n) is 8.18. The number of carbonyl (C=O) groups excluding carboxylic acids is 3. The molecule has 1 aromatic rings. The first-order valence-electron chi connectivity index (χ1n) is 15.2. The summed E-state index contributed by atoms with van der Waals surface area (Å²) in [5, 5.41) is 10.7. The maximum atomic E-state index is 14.8. The molecule has 5 rings (SSSR count). The molecule has 1 N–H and O–H groups in total. The van der Waals surface area contributed by atoms with Gasteiger partial charge in [0, 0.05) is 26.2 Å². The van der Waals surface area contributed by atoms with Gasteiger partial charge < -0.3 is 24.5 Å². The number of amides is 3. The Kier molecular flexibility index (Phi) is 8.44. The molecule has 6 atom stereocenters. The van der Waals surface area contributed by atoms with E-state index < -0.39 is 35.1 Å². The number of likely N-dealkylation sites (N-methyl/N-ethyl adjacent to an activating group) is 1. The van der Waals surface area contributed by atoms with Gasteiger partial charge in [0.1, 0.15) is 11.6 Å². The fraction of sp³-hybridized carbons (Fsp3) is 0.606. The Morgan fingerprint density at radius 1 is 1.10 bits per heavy atom. The Balaban J connectivity index is 1.59. The zero-order chi connectivity index (χ0) is 29.4. The van der Waals surface area contributed by atoms with E-state index in [0.717, 1.165) is 37.7 Å². The molecule has 0 aromatic heterocycles. The lowest BCUT2D eigenvalue weighted by atomic mass is 9.66. The molecule has 41 heavy (non-hydrogen) atoms. The van der Waals surface area contributed by atoms with Gasteiger partial charge >= 0.3 is 0 Å². The van der Waals surface area contributed by atoms with Gasteiger partial charge in [-0.1, -0.05) is 61.7 Å². The molecule has 1 saturated carbocycles. The minimum atomic E-state index is -1.13. The lowest BCUT2D eigenvalue weighted by molar-refractivity contribution is -0.157. The van der Waals surface area contributed by atoms with Crippen LogP contribution in [0.3, 0.4) is 0 Å². The van der Waals surface area contributed by atoms with Crippen molar-refractivity contribution in [2.45, 2.75) is 87.6 Å². The number of nitrogens with zero attached hydrogens (tertiary/aromatic N) is 3. The summed E-state index contributed by atoms with van der Waals surface area (Å²) >= 11 is 0. The van der Waals surface area contributed by atoms with Crippen molar-refractivity contribution in [3.8, 4) is 0 Å². The molecule has 8 nitrogen and oxygen atoms in total. The normalized spacial score (nSPS) is 31.5. The largest absolute Gasteiger partial charge is 0.394 e. The highest BCUT2D eigenvalue weighted by molar-refractivity contribution is 5.99. The van der Waals surface area contributed by atoms with E-state index in [1.165, 1.54) is 0 Å². The quantitative estimate of drug-likeness (QED) is 0.417. The number of carbonyl (C=O) groups is 3. The van der Waals surface area contributed by atoms with Crippen LogP contribution in [0.1, 0.15) is 57.4 Å². The fourth-order valence-corrected chi connectivity index (χ4v) is 8.18. The molecule has 222 valence electrons. The molecule has 4 aliphatic rings. The second-order valence-corrected chi connectivity index (χ2v) is 12.6. The number of aliphatic hydroxyl groups excluding tert-OH is 1. The number of aliphatic hydroxyl groups is 1. The predicted octanol–water partition coefficient (Wildman–Crippen LogP) is 3.35. The van der Waals surface area contributed by atoms with Crippen molar-refractivity contribution < 1.29 is 24.2 Å². The topological polar surface area (TPSA) is 90.4 Å². The summed E-state index contributed by atoms with van der Waals surface area (Å²) in [5.74, 6) is -2.10. The Morgan fingerprint density at radius 3 is 2.41 bits per heavy atom. The van der Waals surface area contributed by atoms with Crippen molar-refractivity contribution in [3.05, 3.63) is 61.2 Å². The maximum Gasteiger partial charge on any atom is 0.248 e. The van der Waals surface area contributed by atoms with Gasteiger partial charge in [-0.15, -0.1) is 13.2 Å². The zero-order valence-corrected chi connectivity index (χ0v) is 24.5. The standard InChI is InChI=1S/C33H45N3O5/c1-5-19-34(4)29(38)26-27-30(39)36(25(22-37)21-23-13-9-7-10-14-23)28(33(27)18-17-32(26,3)41-33)31(40)35(20-6-2)24-15-11-8-12-16-24/h5-7,9-10,13-14,24-28,37H,1-2,8,11-12,15-22H2,3-4H3/t25-,26-,27+,28?,32+,33?/m1/s1. The Labute approximate surface area is 244 Å². The smallest absolute Gasteiger partial charge is 0.248 e. The van der Waals surface area contributed by atoms with Crippen molar-refractivity contribution in [3.63, 3.8) is 0 Å². The number of likely N-dealkylation sites (tertiary alicyclic amines) is 1. The molecule has 2 bridgehead atoms. The molecular weight excluding hydrogens is 518 g/mol. The van der Waals surface area contributed by atoms with Crippen LogP contribution >= 0.6 is 0 Å². The summed E-state index contributed by atoms with van der Waals surface area (Å²) < 4.78 is 6.84. The molecule has 3 heterocycles. The summed E-state index contributed by atoms with van der Waals surface area (Å²) in [6, 6.07) is 8.21. The molecule has 3 aliphatic heterocycles. The van der Waals surface area contributed by atoms with Gasteiger partial charge in [0.2, 0.25) is 17.7 Å². The van der Waals surface area contributed by atoms with E-state index >= 15 is 0 Å². The molecule has 8 heteroatoms. The second-order valence-electron chi connectivity index (χ2n) is 12.6. The molecule has 1 aromatic carbocycles. The van der Waals surface area contributed by atoms with Crippen LogP contribution in [0.4, 0.5) is 0 Å². The van der Waals surface area contributed by atoms with Gasteiger partial charge in [0.05, 0.1) is 30.1 Å². The van der Waals surface area contributed by atoms with Crippen LogP contribution in [0, 0.1) is 11.8 Å². The van der Waals surface area contributed by atoms with Crippen molar-refractivity contribution in [2.75, 3.05) is 26.7 Å². The molecule has 1 aliphatic carbocycles. The van der Waals surface area contributed by atoms with Crippen molar-refractivity contribution in [1.29, 1.82) is 0 Å². The van der Waals surface area contributed by atoms with Gasteiger partial charge in [-0.3, -0.25) is 14.4 Å². The Hall–Kier alpha value is -2.97. The van der Waals surface area contributed by atoms with E-state index in [9.17, 15) is 19.5 Å². The minimum absolute atomic E-state index is 0.0636. The molecule has 1 spiro atoms. The number of hydrogen-bond acceptors (Lipinski definition) is 5. The monoisotopic (exact) mass is 563 g/mol. The average Bonchev–Trinajstić information content (AvgIpc) is 3.55. The molecule has 0 radical (unpaired) electrons. The second kappa shape index (κ2) is 11.7. The van der Waals surface area contributed by atoms with Crippen LogP contribution in [0.2, 0.25) is 0 Å². The van der Waals surface area contributed by atoms with E-state index in [2.05, 4.69) is 13.2 Å². The predicted molar refractivity (Wildman–Crippen MR) is 157 cm³/mol. The highest BCUT2D eigenvalue weighted by Crippen LogP contribution is 2.64. The van der Waals surface area contributed by atoms with E-state index in [0.29, 0.717) is 32.4 Å². The van der Waals surface area contributed by atoms with Crippen LogP contribution in [0.5, 0.6) is 0 Å². The van der Waals surface area contributed by atoms with Gasteiger partial charge in [-0.05, 0) is 44.6 Å². The third kappa shape index (κ3) is 4.93. The van der Waals surface area contributed by atoms with Crippen LogP contribution in [-0.4, -0.2) is 93.6 Å². The van der Waals surface area contributed by atoms with Crippen molar-refractivity contribution >= 4 is 17.7 Å². The third-order valence-corrected chi connectivity index (χ3v) is 10.0. The highest BCUT2D eigenvalue weighted by atomic mass is 16.5. The molecule has 2 unspecified atom stereocenters. The van der Waals surface area contributed by atoms with Crippen LogP contribution in [0.25, 0.3) is 0 Å². The highest BCUT2D eigenvalue weighted by Gasteiger charge is 2.78. The van der Waals surface area contributed by atoms with E-state index in [1.807, 2.05) is 42.2 Å². The van der Waals surface area contributed by atoms with E-state index in [-0.39, 0.29) is 30.4 Å². The first-order chi connectivity index (χ1) is 19.7. The number of ether oxygens (including phenoxy) is 1. The third-order valence-electron chi connectivity index (χ3n) is 10.0. The summed E-state index contributed by atoms with van der Waals surface area (Å²) in [7, 11) is 1.71. The maximum absolute atomic E-state index is 14.8. The van der Waals surface area contributed by atoms with Gasteiger partial charge in [0.25, 0.3) is 0 Å². The minimum Gasteiger partial charge on any atom is -0.394 e. The summed E-state index contributed by atoms with van der Waals surface area (Å²) in [6.07, 6.45) is 10.00. The summed E-state index contributed by atoms with van der Waals surface area (Å²) in [6.45, 7) is 10.1. The molecule has 3 amide bonds. The number of rotatable bonds is 11. The number of hydrogen-bond donors (Lipinski definition) is 1. The SMILES string of the molecule is C=CCN(C)C(=O)[C@H]1[C@H]2C(=O)N([C@@H](CO)Cc3ccccc3)C(C(=O)N(CC=C)C3CCCCC3)C23CC[C@]1(C)O3. The van der Waals surface area contributed by atoms with Crippen molar-refractivity contribution in [1.82, 2.24) is 14.7 Å². The van der Waals surface area contributed by atoms with Crippen LogP contribution < -0.4 is 0 Å². The lowest BCUT2D eigenvalue weighted by Gasteiger charge is -2.42. The number of benzene rings is 1. The molecule has 4 fully saturated rings. The van der Waals surface area contributed by atoms with Crippen LogP contribution in [-0.2, 0) is 25.5 Å². The first-order valence-corrected chi connectivity index (χ1v) is 15.2. The van der Waals surface area contributed by atoms with Crippen LogP contribution in [0.15, 0.2) is 55.6 Å². The summed E-state index contributed by atoms with van der Waals surface area (Å²) in [5.41, 5.74) is -1.01. The Bertz CT molecular complexity index is 1170. The molecular formula is C33H45N3O5. The summed E-state index contributed by atoms with van der Waals surface area (Å²) in [4.78, 5) is 48.4. The first kappa shape index (κ1) is 29.5. The van der Waals surface area contributed by atoms with Gasteiger partial charge in [-0.2, -0.15) is 0 Å². The molecule has 3 saturated heterocycles. The van der Waals surface area contributed by atoms with Gasteiger partial charge in [0.15, 0.2) is 0 Å². The lowest BCUT2D eigenvalue weighted by Crippen LogP contribution is -2.60. The zero-order valence-electron chi connectivity index (χ0n) is 24.5. The van der Waals surface area contributed by atoms with Gasteiger partial charge in [-0.25, -0.2) is 0 Å². The van der Waals surface area contributed by atoms with E-state index in [4.69, 9.17) is 4.74 Å².